The number of fused-ring (bicyclic) bond motifs is 1. The normalized spacial score (nSPS) is 14.8. The monoisotopic (exact) mass is 425 g/mol. The molecule has 3 aromatic carbocycles. The summed E-state index contributed by atoms with van der Waals surface area (Å²) >= 11 is 0. The van der Waals surface area contributed by atoms with Crippen LogP contribution in [0.4, 0.5) is 16.3 Å². The zero-order chi connectivity index (χ0) is 22.1. The van der Waals surface area contributed by atoms with Crippen LogP contribution in [-0.2, 0) is 0 Å². The van der Waals surface area contributed by atoms with Gasteiger partial charge >= 0.3 is 0 Å². The van der Waals surface area contributed by atoms with Crippen LogP contribution in [0.15, 0.2) is 84.9 Å². The zero-order valence-electron chi connectivity index (χ0n) is 17.3. The molecule has 0 aliphatic carbocycles. The highest BCUT2D eigenvalue weighted by molar-refractivity contribution is 6.03. The molecule has 0 unspecified atom stereocenters. The lowest BCUT2D eigenvalue weighted by Crippen LogP contribution is -2.20. The zero-order valence-corrected chi connectivity index (χ0v) is 17.3. The number of rotatable bonds is 4. The van der Waals surface area contributed by atoms with Crippen molar-refractivity contribution in [3.05, 3.63) is 113 Å². The minimum Gasteiger partial charge on any atom is -0.324 e. The number of benzene rings is 3. The van der Waals surface area contributed by atoms with E-state index in [1.54, 1.807) is 28.9 Å². The highest BCUT2D eigenvalue weighted by atomic mass is 19.1. The third kappa shape index (κ3) is 3.88. The van der Waals surface area contributed by atoms with Gasteiger partial charge in [0.1, 0.15) is 11.9 Å². The second kappa shape index (κ2) is 8.11. The number of allylic oxidation sites excluding steroid dienone is 1. The predicted octanol–water partition coefficient (Wildman–Crippen LogP) is 5.03. The van der Waals surface area contributed by atoms with Crippen molar-refractivity contribution in [3.8, 4) is 0 Å². The van der Waals surface area contributed by atoms with Gasteiger partial charge in [-0.15, -0.1) is 5.10 Å². The first-order chi connectivity index (χ1) is 15.6. The molecule has 0 saturated carbocycles. The van der Waals surface area contributed by atoms with Crippen LogP contribution >= 0.6 is 0 Å². The quantitative estimate of drug-likeness (QED) is 0.481. The number of nitrogens with one attached hydrogen (secondary N) is 2. The van der Waals surface area contributed by atoms with Gasteiger partial charge in [0.2, 0.25) is 5.95 Å². The third-order valence-electron chi connectivity index (χ3n) is 5.30. The van der Waals surface area contributed by atoms with Crippen LogP contribution < -0.4 is 10.6 Å². The van der Waals surface area contributed by atoms with Crippen molar-refractivity contribution in [2.24, 2.45) is 0 Å². The molecule has 0 spiro atoms. The van der Waals surface area contributed by atoms with Gasteiger partial charge in [0.25, 0.3) is 11.9 Å². The number of anilines is 2. The molecule has 0 bridgehead atoms. The summed E-state index contributed by atoms with van der Waals surface area (Å²) in [6.45, 7) is 1.96. The third-order valence-corrected chi connectivity index (χ3v) is 5.30. The first-order valence-electron chi connectivity index (χ1n) is 10.2. The molecule has 2 N–H and O–H groups in total. The van der Waals surface area contributed by atoms with Crippen molar-refractivity contribution >= 4 is 23.5 Å². The van der Waals surface area contributed by atoms with Gasteiger partial charge < -0.3 is 5.32 Å². The lowest BCUT2D eigenvalue weighted by atomic mass is 10.0. The van der Waals surface area contributed by atoms with Crippen LogP contribution in [0, 0.1) is 12.7 Å². The van der Waals surface area contributed by atoms with E-state index in [1.807, 2.05) is 55.5 Å². The van der Waals surface area contributed by atoms with Gasteiger partial charge in [-0.1, -0.05) is 60.2 Å². The summed E-state index contributed by atoms with van der Waals surface area (Å²) in [6, 6.07) is 23.1. The molecular weight excluding hydrogens is 405 g/mol. The summed E-state index contributed by atoms with van der Waals surface area (Å²) in [7, 11) is 0. The summed E-state index contributed by atoms with van der Waals surface area (Å²) in [5, 5.41) is 10.6. The van der Waals surface area contributed by atoms with Gasteiger partial charge in [0, 0.05) is 11.3 Å². The number of amides is 1. The molecule has 1 aliphatic heterocycles. The SMILES string of the molecule is Cc1ccc(C(=O)Nc2nc3n(n2)[C@@H](c2ccc(F)cc2)C=C(c2ccccc2)N3)cc1. The van der Waals surface area contributed by atoms with Crippen LogP contribution in [0.5, 0.6) is 0 Å². The molecule has 0 fully saturated rings. The number of aryl methyl sites for hydroxylation is 1. The van der Waals surface area contributed by atoms with E-state index < -0.39 is 0 Å². The molecule has 158 valence electrons. The van der Waals surface area contributed by atoms with Gasteiger partial charge in [0.05, 0.1) is 0 Å². The molecule has 1 aromatic heterocycles. The molecule has 1 atom stereocenters. The summed E-state index contributed by atoms with van der Waals surface area (Å²) in [6.07, 6.45) is 2.01. The van der Waals surface area contributed by atoms with Crippen molar-refractivity contribution in [1.82, 2.24) is 14.8 Å². The molecule has 1 amide bonds. The lowest BCUT2D eigenvalue weighted by Gasteiger charge is -2.24. The Morgan fingerprint density at radius 2 is 1.72 bits per heavy atom. The Morgan fingerprint density at radius 3 is 2.44 bits per heavy atom. The molecule has 0 radical (unpaired) electrons. The van der Waals surface area contributed by atoms with Crippen LogP contribution in [0.3, 0.4) is 0 Å². The standard InChI is InChI=1S/C25H20FN5O/c1-16-7-9-19(10-8-16)23(32)28-24-29-25-27-21(17-5-3-2-4-6-17)15-22(31(25)30-24)18-11-13-20(26)14-12-18/h2-15,22H,1H3,(H2,27,28,29,30,32)/t22-/m1/s1. The maximum absolute atomic E-state index is 13.5. The number of carbonyl (C=O) groups excluding carboxylic acids is 1. The molecule has 32 heavy (non-hydrogen) atoms. The fraction of sp³-hybridized carbons (Fsp3) is 0.0800. The van der Waals surface area contributed by atoms with E-state index >= 15 is 0 Å². The number of aromatic nitrogens is 3. The van der Waals surface area contributed by atoms with E-state index in [0.717, 1.165) is 22.4 Å². The number of carbonyl (C=O) groups is 1. The first-order valence-corrected chi connectivity index (χ1v) is 10.2. The van der Waals surface area contributed by atoms with Crippen LogP contribution in [0.25, 0.3) is 5.70 Å². The Kier molecular flexibility index (Phi) is 4.99. The minimum atomic E-state index is -0.320. The van der Waals surface area contributed by atoms with Crippen molar-refractivity contribution in [3.63, 3.8) is 0 Å². The Labute approximate surface area is 184 Å². The topological polar surface area (TPSA) is 71.8 Å². The summed E-state index contributed by atoms with van der Waals surface area (Å²) in [5.74, 6) is 0.0788. The van der Waals surface area contributed by atoms with Crippen LogP contribution in [-0.4, -0.2) is 20.7 Å². The molecule has 1 aliphatic rings. The van der Waals surface area contributed by atoms with Crippen molar-refractivity contribution in [1.29, 1.82) is 0 Å². The Morgan fingerprint density at radius 1 is 1.00 bits per heavy atom. The number of hydrogen-bond acceptors (Lipinski definition) is 4. The average Bonchev–Trinajstić information content (AvgIpc) is 3.22. The van der Waals surface area contributed by atoms with Gasteiger partial charge in [-0.25, -0.2) is 9.07 Å². The maximum Gasteiger partial charge on any atom is 0.258 e. The highest BCUT2D eigenvalue weighted by Gasteiger charge is 2.26. The molecule has 2 heterocycles. The maximum atomic E-state index is 13.5. The Balaban J connectivity index is 1.50. The van der Waals surface area contributed by atoms with E-state index in [0.29, 0.717) is 11.5 Å². The number of hydrogen-bond donors (Lipinski definition) is 2. The van der Waals surface area contributed by atoms with E-state index in [4.69, 9.17) is 0 Å². The Hall–Kier alpha value is -4.26. The molecule has 4 aromatic rings. The second-order valence-electron chi connectivity index (χ2n) is 7.59. The smallest absolute Gasteiger partial charge is 0.258 e. The molecule has 6 nitrogen and oxygen atoms in total. The fourth-order valence-corrected chi connectivity index (χ4v) is 3.61. The first kappa shape index (κ1) is 19.7. The lowest BCUT2D eigenvalue weighted by molar-refractivity contribution is 0.102. The predicted molar refractivity (Wildman–Crippen MR) is 122 cm³/mol. The van der Waals surface area contributed by atoms with Crippen molar-refractivity contribution in [2.75, 3.05) is 10.6 Å². The van der Waals surface area contributed by atoms with Gasteiger partial charge in [-0.2, -0.15) is 4.98 Å². The number of nitrogens with zero attached hydrogens (tertiary/aromatic N) is 3. The van der Waals surface area contributed by atoms with Crippen LogP contribution in [0.1, 0.15) is 33.1 Å². The van der Waals surface area contributed by atoms with E-state index in [-0.39, 0.29) is 23.7 Å². The van der Waals surface area contributed by atoms with Crippen LogP contribution in [0.2, 0.25) is 0 Å². The van der Waals surface area contributed by atoms with E-state index in [9.17, 15) is 9.18 Å². The second-order valence-corrected chi connectivity index (χ2v) is 7.59. The molecule has 7 heteroatoms. The van der Waals surface area contributed by atoms with E-state index in [1.165, 1.54) is 12.1 Å². The van der Waals surface area contributed by atoms with Gasteiger partial charge in [-0.05, 0) is 48.4 Å². The fourth-order valence-electron chi connectivity index (χ4n) is 3.61. The highest BCUT2D eigenvalue weighted by Crippen LogP contribution is 2.33. The van der Waals surface area contributed by atoms with Crippen molar-refractivity contribution in [2.45, 2.75) is 13.0 Å². The van der Waals surface area contributed by atoms with E-state index in [2.05, 4.69) is 20.7 Å². The molecular formula is C25H20FN5O. The van der Waals surface area contributed by atoms with Crippen molar-refractivity contribution < 1.29 is 9.18 Å². The largest absolute Gasteiger partial charge is 0.324 e. The van der Waals surface area contributed by atoms with Gasteiger partial charge in [0.15, 0.2) is 0 Å². The molecule has 0 saturated heterocycles. The number of halogens is 1. The molecule has 5 rings (SSSR count). The Bertz CT molecular complexity index is 1290. The summed E-state index contributed by atoms with van der Waals surface area (Å²) < 4.78 is 15.2. The summed E-state index contributed by atoms with van der Waals surface area (Å²) in [5.41, 5.74) is 4.29. The minimum absolute atomic E-state index is 0.188. The summed E-state index contributed by atoms with van der Waals surface area (Å²) in [4.78, 5) is 17.1. The average molecular weight is 425 g/mol. The van der Waals surface area contributed by atoms with Gasteiger partial charge in [-0.3, -0.25) is 10.1 Å².